The van der Waals surface area contributed by atoms with E-state index >= 15 is 0 Å². The average molecular weight is 334 g/mol. The normalized spacial score (nSPS) is 33.0. The summed E-state index contributed by atoms with van der Waals surface area (Å²) in [6.07, 6.45) is 8.39. The molecule has 5 heteroatoms. The summed E-state index contributed by atoms with van der Waals surface area (Å²) < 4.78 is 5.37. The summed E-state index contributed by atoms with van der Waals surface area (Å²) in [5.74, 6) is 0.346. The predicted molar refractivity (Wildman–Crippen MR) is 92.4 cm³/mol. The Labute approximate surface area is 144 Å². The van der Waals surface area contributed by atoms with Gasteiger partial charge in [0.25, 0.3) is 0 Å². The Morgan fingerprint density at radius 2 is 1.88 bits per heavy atom. The summed E-state index contributed by atoms with van der Waals surface area (Å²) in [5.41, 5.74) is -0.272. The van der Waals surface area contributed by atoms with Gasteiger partial charge in [0.1, 0.15) is 5.60 Å². The largest absolute Gasteiger partial charge is 0.444 e. The Hall–Kier alpha value is -1.52. The van der Waals surface area contributed by atoms with Crippen molar-refractivity contribution in [3.05, 3.63) is 12.2 Å². The van der Waals surface area contributed by atoms with Crippen molar-refractivity contribution in [2.75, 3.05) is 6.54 Å². The van der Waals surface area contributed by atoms with E-state index in [1.165, 1.54) is 19.3 Å². The van der Waals surface area contributed by atoms with Gasteiger partial charge in [-0.3, -0.25) is 4.79 Å². The van der Waals surface area contributed by atoms with Crippen molar-refractivity contribution in [2.45, 2.75) is 65.0 Å². The van der Waals surface area contributed by atoms with Gasteiger partial charge >= 0.3 is 6.09 Å². The van der Waals surface area contributed by atoms with Crippen molar-refractivity contribution in [1.29, 1.82) is 0 Å². The first-order chi connectivity index (χ1) is 11.2. The van der Waals surface area contributed by atoms with Crippen molar-refractivity contribution in [2.24, 2.45) is 23.2 Å². The van der Waals surface area contributed by atoms with Crippen LogP contribution in [0.15, 0.2) is 12.2 Å². The molecule has 0 aliphatic heterocycles. The van der Waals surface area contributed by atoms with E-state index < -0.39 is 11.7 Å². The number of carbonyl (C=O) groups is 2. The minimum atomic E-state index is -0.534. The van der Waals surface area contributed by atoms with E-state index in [2.05, 4.69) is 29.7 Å². The first-order valence-electron chi connectivity index (χ1n) is 9.12. The number of rotatable bonds is 4. The SMILES string of the molecule is CC1(CNC(=O)[C@@H]2[C@H](NC(=O)OC(C)(C)C)[C@H]3C=C[C@@H]2C3)CCC1. The number of ether oxygens (including phenoxy) is 1. The lowest BCUT2D eigenvalue weighted by Gasteiger charge is -2.39. The summed E-state index contributed by atoms with van der Waals surface area (Å²) in [4.78, 5) is 24.9. The molecule has 3 aliphatic carbocycles. The van der Waals surface area contributed by atoms with Crippen molar-refractivity contribution in [3.8, 4) is 0 Å². The van der Waals surface area contributed by atoms with Crippen molar-refractivity contribution < 1.29 is 14.3 Å². The van der Waals surface area contributed by atoms with E-state index in [1.807, 2.05) is 20.8 Å². The Morgan fingerprint density at radius 3 is 2.46 bits per heavy atom. The van der Waals surface area contributed by atoms with Crippen LogP contribution in [0.25, 0.3) is 0 Å². The van der Waals surface area contributed by atoms with E-state index in [0.29, 0.717) is 0 Å². The molecule has 0 aromatic rings. The number of hydrogen-bond donors (Lipinski definition) is 2. The third kappa shape index (κ3) is 3.60. The molecule has 3 rings (SSSR count). The zero-order valence-corrected chi connectivity index (χ0v) is 15.2. The first kappa shape index (κ1) is 17.3. The van der Waals surface area contributed by atoms with Crippen LogP contribution < -0.4 is 10.6 Å². The molecule has 0 spiro atoms. The first-order valence-corrected chi connectivity index (χ1v) is 9.12. The van der Waals surface area contributed by atoms with Crippen molar-refractivity contribution in [3.63, 3.8) is 0 Å². The van der Waals surface area contributed by atoms with E-state index in [1.54, 1.807) is 0 Å². The highest BCUT2D eigenvalue weighted by Gasteiger charge is 2.49. The molecule has 5 nitrogen and oxygen atoms in total. The van der Waals surface area contributed by atoms with Gasteiger partial charge in [-0.2, -0.15) is 0 Å². The Kier molecular flexibility index (Phi) is 4.39. The van der Waals surface area contributed by atoms with Crippen molar-refractivity contribution >= 4 is 12.0 Å². The molecule has 24 heavy (non-hydrogen) atoms. The second kappa shape index (κ2) is 6.08. The molecule has 0 aromatic heterocycles. The fourth-order valence-electron chi connectivity index (χ4n) is 4.20. The molecule has 0 aromatic carbocycles. The Bertz CT molecular complexity index is 545. The maximum atomic E-state index is 12.8. The highest BCUT2D eigenvalue weighted by atomic mass is 16.6. The fraction of sp³-hybridized carbons (Fsp3) is 0.789. The summed E-state index contributed by atoms with van der Waals surface area (Å²) in [5, 5.41) is 6.09. The van der Waals surface area contributed by atoms with Gasteiger partial charge in [0.15, 0.2) is 0 Å². The molecule has 2 amide bonds. The van der Waals surface area contributed by atoms with Gasteiger partial charge in [0.05, 0.1) is 12.0 Å². The van der Waals surface area contributed by atoms with Crippen LogP contribution >= 0.6 is 0 Å². The number of amides is 2. The summed E-state index contributed by atoms with van der Waals surface area (Å²) in [7, 11) is 0. The second-order valence-electron chi connectivity index (χ2n) is 9.03. The minimum Gasteiger partial charge on any atom is -0.444 e. The molecule has 3 aliphatic rings. The molecule has 0 radical (unpaired) electrons. The van der Waals surface area contributed by atoms with E-state index in [4.69, 9.17) is 4.74 Å². The molecule has 2 fully saturated rings. The lowest BCUT2D eigenvalue weighted by atomic mass is 9.70. The maximum Gasteiger partial charge on any atom is 0.407 e. The van der Waals surface area contributed by atoms with Crippen LogP contribution in [0.1, 0.15) is 53.4 Å². The third-order valence-corrected chi connectivity index (χ3v) is 5.70. The van der Waals surface area contributed by atoms with E-state index in [-0.39, 0.29) is 35.1 Å². The Morgan fingerprint density at radius 1 is 1.21 bits per heavy atom. The molecule has 0 saturated heterocycles. The van der Waals surface area contributed by atoms with Crippen LogP contribution in [-0.2, 0) is 9.53 Å². The standard InChI is InChI=1S/C19H30N2O3/c1-18(2,3)24-17(23)21-15-13-7-6-12(10-13)14(15)16(22)20-11-19(4)8-5-9-19/h6-7,12-15H,5,8-11H2,1-4H3,(H,20,22)(H,21,23)/t12-,13+,14+,15-/m1/s1. The summed E-state index contributed by atoms with van der Waals surface area (Å²) in [6, 6.07) is -0.163. The minimum absolute atomic E-state index is 0.0704. The van der Waals surface area contributed by atoms with Gasteiger partial charge in [0.2, 0.25) is 5.91 Å². The monoisotopic (exact) mass is 334 g/mol. The smallest absolute Gasteiger partial charge is 0.407 e. The quantitative estimate of drug-likeness (QED) is 0.777. The van der Waals surface area contributed by atoms with Crippen LogP contribution in [0.5, 0.6) is 0 Å². The fourth-order valence-corrected chi connectivity index (χ4v) is 4.20. The van der Waals surface area contributed by atoms with Gasteiger partial charge in [-0.1, -0.05) is 25.5 Å². The van der Waals surface area contributed by atoms with Gasteiger partial charge in [-0.15, -0.1) is 0 Å². The zero-order chi connectivity index (χ0) is 17.5. The summed E-state index contributed by atoms with van der Waals surface area (Å²) in [6.45, 7) is 8.50. The molecule has 4 atom stereocenters. The maximum absolute atomic E-state index is 12.8. The molecular formula is C19H30N2O3. The second-order valence-corrected chi connectivity index (χ2v) is 9.03. The number of nitrogens with one attached hydrogen (secondary N) is 2. The van der Waals surface area contributed by atoms with Gasteiger partial charge in [-0.05, 0) is 57.3 Å². The van der Waals surface area contributed by atoms with Crippen LogP contribution in [0.3, 0.4) is 0 Å². The van der Waals surface area contributed by atoms with Crippen LogP contribution in [-0.4, -0.2) is 30.2 Å². The predicted octanol–water partition coefficient (Wildman–Crippen LogP) is 3.01. The number of fused-ring (bicyclic) bond motifs is 2. The van der Waals surface area contributed by atoms with Gasteiger partial charge in [0, 0.05) is 6.54 Å². The molecule has 0 heterocycles. The number of alkyl carbamates (subject to hydrolysis) is 1. The van der Waals surface area contributed by atoms with E-state index in [0.717, 1.165) is 13.0 Å². The average Bonchev–Trinajstić information content (AvgIpc) is 3.01. The lowest BCUT2D eigenvalue weighted by molar-refractivity contribution is -0.127. The van der Waals surface area contributed by atoms with Gasteiger partial charge < -0.3 is 15.4 Å². The highest BCUT2D eigenvalue weighted by Crippen LogP contribution is 2.44. The lowest BCUT2D eigenvalue weighted by Crippen LogP contribution is -2.51. The Balaban J connectivity index is 1.61. The van der Waals surface area contributed by atoms with Crippen LogP contribution in [0.2, 0.25) is 0 Å². The zero-order valence-electron chi connectivity index (χ0n) is 15.2. The third-order valence-electron chi connectivity index (χ3n) is 5.70. The molecule has 2 N–H and O–H groups in total. The van der Waals surface area contributed by atoms with E-state index in [9.17, 15) is 9.59 Å². The molecule has 2 saturated carbocycles. The number of allylic oxidation sites excluding steroid dienone is 1. The topological polar surface area (TPSA) is 67.4 Å². The molecule has 2 bridgehead atoms. The van der Waals surface area contributed by atoms with Crippen LogP contribution in [0.4, 0.5) is 4.79 Å². The number of hydrogen-bond acceptors (Lipinski definition) is 3. The van der Waals surface area contributed by atoms with Gasteiger partial charge in [-0.25, -0.2) is 4.79 Å². The number of carbonyl (C=O) groups excluding carboxylic acids is 2. The molecular weight excluding hydrogens is 304 g/mol. The molecule has 134 valence electrons. The molecule has 0 unspecified atom stereocenters. The van der Waals surface area contributed by atoms with Crippen LogP contribution in [0, 0.1) is 23.2 Å². The van der Waals surface area contributed by atoms with Crippen molar-refractivity contribution in [1.82, 2.24) is 10.6 Å². The highest BCUT2D eigenvalue weighted by molar-refractivity contribution is 5.82. The summed E-state index contributed by atoms with van der Waals surface area (Å²) >= 11 is 0.